The largest absolute Gasteiger partial charge is 0.330 e. The summed E-state index contributed by atoms with van der Waals surface area (Å²) in [5.41, 5.74) is 5.69. The zero-order chi connectivity index (χ0) is 14.8. The quantitative estimate of drug-likeness (QED) is 0.870. The van der Waals surface area contributed by atoms with Gasteiger partial charge in [-0.3, -0.25) is 0 Å². The molecule has 1 aliphatic carbocycles. The van der Waals surface area contributed by atoms with E-state index >= 15 is 0 Å². The summed E-state index contributed by atoms with van der Waals surface area (Å²) in [5, 5.41) is 8.66. The molecule has 7 heteroatoms. The van der Waals surface area contributed by atoms with Crippen LogP contribution >= 0.6 is 0 Å². The second-order valence-electron chi connectivity index (χ2n) is 4.91. The standard InChI is InChI=1S/C13H16FN3O2S/c14-11-6-9(7-15)4-5-13(11)20(18,19)17-12-3-1-2-10(12)8-16/h4-6,10,12,17H,1-3,8,16H2/t10-,12+/m1/s1. The van der Waals surface area contributed by atoms with E-state index in [4.69, 9.17) is 11.0 Å². The van der Waals surface area contributed by atoms with Crippen molar-refractivity contribution >= 4 is 10.0 Å². The van der Waals surface area contributed by atoms with Gasteiger partial charge in [-0.05, 0) is 43.5 Å². The number of nitrogens with one attached hydrogen (secondary N) is 1. The molecule has 0 amide bonds. The molecule has 0 unspecified atom stereocenters. The second kappa shape index (κ2) is 5.87. The van der Waals surface area contributed by atoms with Crippen LogP contribution in [0.4, 0.5) is 4.39 Å². The first-order valence-electron chi connectivity index (χ1n) is 6.40. The van der Waals surface area contributed by atoms with E-state index in [9.17, 15) is 12.8 Å². The van der Waals surface area contributed by atoms with Crippen LogP contribution in [0.1, 0.15) is 24.8 Å². The molecule has 0 spiro atoms. The van der Waals surface area contributed by atoms with E-state index in [1.165, 1.54) is 6.07 Å². The highest BCUT2D eigenvalue weighted by atomic mass is 32.2. The lowest BCUT2D eigenvalue weighted by atomic mass is 10.1. The third kappa shape index (κ3) is 2.98. The minimum absolute atomic E-state index is 0.0853. The summed E-state index contributed by atoms with van der Waals surface area (Å²) in [6, 6.07) is 4.83. The zero-order valence-corrected chi connectivity index (χ0v) is 11.7. The average molecular weight is 297 g/mol. The molecule has 2 atom stereocenters. The second-order valence-corrected chi connectivity index (χ2v) is 6.59. The van der Waals surface area contributed by atoms with Crippen LogP contribution in [0, 0.1) is 23.1 Å². The summed E-state index contributed by atoms with van der Waals surface area (Å²) in [6.45, 7) is 0.406. The number of hydrogen-bond donors (Lipinski definition) is 2. The number of benzene rings is 1. The molecule has 0 aliphatic heterocycles. The lowest BCUT2D eigenvalue weighted by Crippen LogP contribution is -2.40. The van der Waals surface area contributed by atoms with Gasteiger partial charge in [0.05, 0.1) is 11.6 Å². The van der Waals surface area contributed by atoms with Crippen LogP contribution in [0.25, 0.3) is 0 Å². The molecule has 0 aromatic heterocycles. The molecular formula is C13H16FN3O2S. The average Bonchev–Trinajstić information content (AvgIpc) is 2.84. The number of nitrogens with two attached hydrogens (primary N) is 1. The number of halogens is 1. The maximum atomic E-state index is 13.8. The van der Waals surface area contributed by atoms with Gasteiger partial charge in [-0.2, -0.15) is 5.26 Å². The predicted octanol–water partition coefficient (Wildman–Crippen LogP) is 1.10. The summed E-state index contributed by atoms with van der Waals surface area (Å²) >= 11 is 0. The van der Waals surface area contributed by atoms with Crippen LogP contribution in [-0.2, 0) is 10.0 Å². The fourth-order valence-electron chi connectivity index (χ4n) is 2.53. The van der Waals surface area contributed by atoms with E-state index in [0.29, 0.717) is 13.0 Å². The van der Waals surface area contributed by atoms with Crippen LogP contribution in [0.15, 0.2) is 23.1 Å². The van der Waals surface area contributed by atoms with Crippen molar-refractivity contribution in [2.75, 3.05) is 6.54 Å². The number of nitriles is 1. The molecule has 0 heterocycles. The lowest BCUT2D eigenvalue weighted by Gasteiger charge is -2.19. The van der Waals surface area contributed by atoms with Crippen LogP contribution in [-0.4, -0.2) is 21.0 Å². The lowest BCUT2D eigenvalue weighted by molar-refractivity contribution is 0.451. The Hall–Kier alpha value is -1.49. The van der Waals surface area contributed by atoms with E-state index in [-0.39, 0.29) is 17.5 Å². The van der Waals surface area contributed by atoms with Gasteiger partial charge in [0, 0.05) is 6.04 Å². The van der Waals surface area contributed by atoms with Crippen molar-refractivity contribution in [1.29, 1.82) is 5.26 Å². The highest BCUT2D eigenvalue weighted by Gasteiger charge is 2.31. The Morgan fingerprint density at radius 2 is 2.20 bits per heavy atom. The van der Waals surface area contributed by atoms with Gasteiger partial charge in [0.1, 0.15) is 10.7 Å². The number of nitrogens with zero attached hydrogens (tertiary/aromatic N) is 1. The minimum atomic E-state index is -3.93. The normalized spacial score (nSPS) is 22.6. The molecule has 5 nitrogen and oxygen atoms in total. The summed E-state index contributed by atoms with van der Waals surface area (Å²) in [6.07, 6.45) is 2.49. The molecule has 0 bridgehead atoms. The maximum absolute atomic E-state index is 13.8. The smallest absolute Gasteiger partial charge is 0.243 e. The van der Waals surface area contributed by atoms with Gasteiger partial charge >= 0.3 is 0 Å². The van der Waals surface area contributed by atoms with Crippen LogP contribution in [0.3, 0.4) is 0 Å². The molecule has 2 rings (SSSR count). The fourth-order valence-corrected chi connectivity index (χ4v) is 3.92. The molecule has 1 aliphatic rings. The Morgan fingerprint density at radius 3 is 2.80 bits per heavy atom. The molecule has 1 saturated carbocycles. The Bertz CT molecular complexity index is 640. The molecule has 3 N–H and O–H groups in total. The van der Waals surface area contributed by atoms with Gasteiger partial charge in [0.15, 0.2) is 0 Å². The predicted molar refractivity (Wildman–Crippen MR) is 71.6 cm³/mol. The number of sulfonamides is 1. The van der Waals surface area contributed by atoms with Crippen LogP contribution in [0.5, 0.6) is 0 Å². The molecule has 20 heavy (non-hydrogen) atoms. The van der Waals surface area contributed by atoms with Gasteiger partial charge in [0.25, 0.3) is 0 Å². The molecular weight excluding hydrogens is 281 g/mol. The van der Waals surface area contributed by atoms with Gasteiger partial charge in [-0.1, -0.05) is 6.42 Å². The Balaban J connectivity index is 2.25. The van der Waals surface area contributed by atoms with Crippen molar-refractivity contribution in [2.45, 2.75) is 30.2 Å². The summed E-state index contributed by atoms with van der Waals surface area (Å²) < 4.78 is 40.7. The van der Waals surface area contributed by atoms with E-state index in [0.717, 1.165) is 25.0 Å². The van der Waals surface area contributed by atoms with Crippen molar-refractivity contribution in [1.82, 2.24) is 4.72 Å². The molecule has 0 radical (unpaired) electrons. The number of hydrogen-bond acceptors (Lipinski definition) is 4. The van der Waals surface area contributed by atoms with Crippen LogP contribution in [0.2, 0.25) is 0 Å². The Labute approximate surface area is 117 Å². The SMILES string of the molecule is N#Cc1ccc(S(=O)(=O)N[C@H]2CCC[C@@H]2CN)c(F)c1. The third-order valence-electron chi connectivity index (χ3n) is 3.62. The Morgan fingerprint density at radius 1 is 1.45 bits per heavy atom. The van der Waals surface area contributed by atoms with Crippen molar-refractivity contribution in [2.24, 2.45) is 11.7 Å². The molecule has 1 aromatic carbocycles. The highest BCUT2D eigenvalue weighted by Crippen LogP contribution is 2.26. The van der Waals surface area contributed by atoms with Gasteiger partial charge in [-0.25, -0.2) is 17.5 Å². The summed E-state index contributed by atoms with van der Waals surface area (Å²) in [4.78, 5) is -0.431. The van der Waals surface area contributed by atoms with E-state index in [2.05, 4.69) is 4.72 Å². The highest BCUT2D eigenvalue weighted by molar-refractivity contribution is 7.89. The third-order valence-corrected chi connectivity index (χ3v) is 5.14. The summed E-state index contributed by atoms with van der Waals surface area (Å²) in [7, 11) is -3.93. The first-order chi connectivity index (χ1) is 9.47. The van der Waals surface area contributed by atoms with E-state index in [1.54, 1.807) is 6.07 Å². The topological polar surface area (TPSA) is 96.0 Å². The molecule has 1 aromatic rings. The minimum Gasteiger partial charge on any atom is -0.330 e. The van der Waals surface area contributed by atoms with Crippen molar-refractivity contribution in [3.63, 3.8) is 0 Å². The van der Waals surface area contributed by atoms with Gasteiger partial charge in [-0.15, -0.1) is 0 Å². The van der Waals surface area contributed by atoms with E-state index in [1.807, 2.05) is 0 Å². The van der Waals surface area contributed by atoms with Gasteiger partial charge < -0.3 is 5.73 Å². The van der Waals surface area contributed by atoms with Gasteiger partial charge in [0.2, 0.25) is 10.0 Å². The van der Waals surface area contributed by atoms with Crippen molar-refractivity contribution < 1.29 is 12.8 Å². The monoisotopic (exact) mass is 297 g/mol. The van der Waals surface area contributed by atoms with Crippen LogP contribution < -0.4 is 10.5 Å². The first kappa shape index (κ1) is 14.9. The van der Waals surface area contributed by atoms with Crippen molar-refractivity contribution in [3.05, 3.63) is 29.6 Å². The Kier molecular flexibility index (Phi) is 4.38. The van der Waals surface area contributed by atoms with E-state index < -0.39 is 20.7 Å². The molecule has 1 fully saturated rings. The first-order valence-corrected chi connectivity index (χ1v) is 7.88. The zero-order valence-electron chi connectivity index (χ0n) is 10.8. The molecule has 108 valence electrons. The summed E-state index contributed by atoms with van der Waals surface area (Å²) in [5.74, 6) is -0.829. The van der Waals surface area contributed by atoms with Crippen molar-refractivity contribution in [3.8, 4) is 6.07 Å². The number of rotatable bonds is 4. The fraction of sp³-hybridized carbons (Fsp3) is 0.462. The maximum Gasteiger partial charge on any atom is 0.243 e. The molecule has 0 saturated heterocycles.